The molecule has 0 spiro atoms. The maximum Gasteiger partial charge on any atom is 0.212 e. The highest BCUT2D eigenvalue weighted by Crippen LogP contribution is 2.28. The minimum Gasteiger partial charge on any atom is -0.497 e. The molecule has 0 radical (unpaired) electrons. The summed E-state index contributed by atoms with van der Waals surface area (Å²) in [5.41, 5.74) is 3.34. The van der Waals surface area contributed by atoms with Gasteiger partial charge in [-0.25, -0.2) is 0 Å². The predicted molar refractivity (Wildman–Crippen MR) is 103 cm³/mol. The van der Waals surface area contributed by atoms with Gasteiger partial charge in [-0.3, -0.25) is 4.98 Å². The number of hydrogen-bond donors (Lipinski definition) is 0. The van der Waals surface area contributed by atoms with Gasteiger partial charge in [0.1, 0.15) is 17.2 Å². The number of pyridine rings is 1. The number of methoxy groups -OCH3 is 2. The molecule has 0 aliphatic carbocycles. The summed E-state index contributed by atoms with van der Waals surface area (Å²) in [6, 6.07) is 15.3. The van der Waals surface area contributed by atoms with E-state index in [1.807, 2.05) is 48.5 Å². The third kappa shape index (κ3) is 3.70. The van der Waals surface area contributed by atoms with Gasteiger partial charge in [0, 0.05) is 18.0 Å². The fraction of sp³-hybridized carbons (Fsp3) is 0.158. The summed E-state index contributed by atoms with van der Waals surface area (Å²) >= 11 is 1.55. The number of aromatic nitrogens is 5. The van der Waals surface area contributed by atoms with E-state index < -0.39 is 0 Å². The number of nitrogens with zero attached hydrogens (tertiary/aromatic N) is 5. The molecule has 0 bridgehead atoms. The van der Waals surface area contributed by atoms with Crippen molar-refractivity contribution in [3.63, 3.8) is 0 Å². The first-order chi connectivity index (χ1) is 13.3. The molecule has 4 rings (SSSR count). The first-order valence-corrected chi connectivity index (χ1v) is 9.24. The summed E-state index contributed by atoms with van der Waals surface area (Å²) in [5.74, 6) is 2.20. The van der Waals surface area contributed by atoms with Crippen LogP contribution in [0.2, 0.25) is 0 Å². The first-order valence-electron chi connectivity index (χ1n) is 8.25. The normalized spacial score (nSPS) is 10.9. The average Bonchev–Trinajstić information content (AvgIpc) is 3.14. The van der Waals surface area contributed by atoms with E-state index in [4.69, 9.17) is 9.47 Å². The Kier molecular flexibility index (Phi) is 4.88. The van der Waals surface area contributed by atoms with Crippen LogP contribution in [0.3, 0.4) is 0 Å². The fourth-order valence-corrected chi connectivity index (χ4v) is 3.43. The minimum atomic E-state index is 0.684. The van der Waals surface area contributed by atoms with Crippen molar-refractivity contribution in [2.45, 2.75) is 10.9 Å². The van der Waals surface area contributed by atoms with Crippen LogP contribution in [0, 0.1) is 0 Å². The van der Waals surface area contributed by atoms with Crippen LogP contribution in [0.4, 0.5) is 0 Å². The number of benzene rings is 1. The molecular formula is C19H17N5O2S. The largest absolute Gasteiger partial charge is 0.497 e. The monoisotopic (exact) mass is 379 g/mol. The lowest BCUT2D eigenvalue weighted by molar-refractivity contribution is 0.393. The number of ether oxygens (including phenoxy) is 2. The summed E-state index contributed by atoms with van der Waals surface area (Å²) in [6.07, 6.45) is 1.75. The molecular weight excluding hydrogens is 362 g/mol. The van der Waals surface area contributed by atoms with E-state index in [9.17, 15) is 0 Å². The molecule has 0 atom stereocenters. The molecule has 27 heavy (non-hydrogen) atoms. The molecule has 136 valence electrons. The second-order valence-corrected chi connectivity index (χ2v) is 6.64. The second-order valence-electron chi connectivity index (χ2n) is 5.70. The van der Waals surface area contributed by atoms with Crippen molar-refractivity contribution in [2.24, 2.45) is 0 Å². The van der Waals surface area contributed by atoms with Crippen LogP contribution < -0.4 is 9.47 Å². The maximum absolute atomic E-state index is 5.33. The lowest BCUT2D eigenvalue weighted by atomic mass is 10.2. The molecule has 7 nitrogen and oxygen atoms in total. The maximum atomic E-state index is 5.33. The van der Waals surface area contributed by atoms with Crippen molar-refractivity contribution in [3.05, 3.63) is 60.3 Å². The van der Waals surface area contributed by atoms with Gasteiger partial charge in [-0.1, -0.05) is 17.8 Å². The molecule has 3 aromatic heterocycles. The van der Waals surface area contributed by atoms with Gasteiger partial charge in [-0.15, -0.1) is 10.2 Å². The molecule has 1 aromatic carbocycles. The van der Waals surface area contributed by atoms with E-state index in [1.54, 1.807) is 36.7 Å². The Bertz CT molecular complexity index is 1050. The quantitative estimate of drug-likeness (QED) is 0.475. The summed E-state index contributed by atoms with van der Waals surface area (Å²) in [6.45, 7) is 0. The fourth-order valence-electron chi connectivity index (χ4n) is 2.61. The third-order valence-electron chi connectivity index (χ3n) is 3.94. The number of hydrogen-bond acceptors (Lipinski definition) is 7. The van der Waals surface area contributed by atoms with Crippen molar-refractivity contribution in [3.8, 4) is 22.9 Å². The predicted octanol–water partition coefficient (Wildman–Crippen LogP) is 3.50. The Morgan fingerprint density at radius 3 is 2.44 bits per heavy atom. The molecule has 4 aromatic rings. The van der Waals surface area contributed by atoms with Crippen LogP contribution in [0.25, 0.3) is 17.0 Å². The van der Waals surface area contributed by atoms with E-state index in [0.717, 1.165) is 28.5 Å². The molecule has 0 saturated heterocycles. The number of rotatable bonds is 6. The van der Waals surface area contributed by atoms with Crippen molar-refractivity contribution in [1.29, 1.82) is 0 Å². The zero-order valence-corrected chi connectivity index (χ0v) is 15.7. The van der Waals surface area contributed by atoms with E-state index in [0.29, 0.717) is 16.6 Å². The Morgan fingerprint density at radius 2 is 1.74 bits per heavy atom. The van der Waals surface area contributed by atoms with E-state index in [-0.39, 0.29) is 0 Å². The van der Waals surface area contributed by atoms with Gasteiger partial charge in [0.05, 0.1) is 19.9 Å². The molecule has 0 saturated carbocycles. The van der Waals surface area contributed by atoms with Crippen molar-refractivity contribution in [1.82, 2.24) is 24.8 Å². The molecule has 8 heteroatoms. The molecule has 0 unspecified atom stereocenters. The highest BCUT2D eigenvalue weighted by Gasteiger charge is 2.11. The second kappa shape index (κ2) is 7.63. The highest BCUT2D eigenvalue weighted by molar-refractivity contribution is 7.98. The summed E-state index contributed by atoms with van der Waals surface area (Å²) in [7, 11) is 3.28. The summed E-state index contributed by atoms with van der Waals surface area (Å²) in [4.78, 5) is 4.35. The van der Waals surface area contributed by atoms with Gasteiger partial charge < -0.3 is 9.47 Å². The van der Waals surface area contributed by atoms with E-state index in [1.165, 1.54) is 0 Å². The molecule has 3 heterocycles. The van der Waals surface area contributed by atoms with Gasteiger partial charge in [-0.05, 0) is 42.0 Å². The zero-order valence-electron chi connectivity index (χ0n) is 14.9. The van der Waals surface area contributed by atoms with Crippen molar-refractivity contribution in [2.75, 3.05) is 14.2 Å². The topological polar surface area (TPSA) is 74.4 Å². The zero-order chi connectivity index (χ0) is 18.6. The third-order valence-corrected chi connectivity index (χ3v) is 4.93. The van der Waals surface area contributed by atoms with Crippen LogP contribution in [-0.4, -0.2) is 39.0 Å². The molecule has 0 amide bonds. The average molecular weight is 379 g/mol. The Morgan fingerprint density at radius 1 is 0.926 bits per heavy atom. The van der Waals surface area contributed by atoms with Crippen molar-refractivity contribution < 1.29 is 9.47 Å². The smallest absolute Gasteiger partial charge is 0.212 e. The van der Waals surface area contributed by atoms with Crippen LogP contribution >= 0.6 is 11.8 Å². The van der Waals surface area contributed by atoms with Crippen LogP contribution in [0.1, 0.15) is 5.56 Å². The van der Waals surface area contributed by atoms with Crippen LogP contribution in [0.5, 0.6) is 11.5 Å². The molecule has 0 fully saturated rings. The Labute approximate surface area is 160 Å². The van der Waals surface area contributed by atoms with Gasteiger partial charge in [0.15, 0.2) is 5.65 Å². The lowest BCUT2D eigenvalue weighted by Gasteiger charge is -2.08. The number of thioether (sulfide) groups is 1. The van der Waals surface area contributed by atoms with E-state index >= 15 is 0 Å². The highest BCUT2D eigenvalue weighted by atomic mass is 32.2. The first kappa shape index (κ1) is 17.3. The Hall–Kier alpha value is -3.13. The standard InChI is InChI=1S/C19H17N5O2S/c1-25-14-9-13(10-15(11-14)26-2)12-27-19-22-21-18-7-6-17(23-24(18)19)16-5-3-4-8-20-16/h3-11H,12H2,1-2H3. The van der Waals surface area contributed by atoms with Crippen molar-refractivity contribution >= 4 is 17.4 Å². The van der Waals surface area contributed by atoms with Crippen LogP contribution in [0.15, 0.2) is 59.9 Å². The molecule has 0 N–H and O–H groups in total. The minimum absolute atomic E-state index is 0.684. The number of fused-ring (bicyclic) bond motifs is 1. The lowest BCUT2D eigenvalue weighted by Crippen LogP contribution is -1.97. The summed E-state index contributed by atoms with van der Waals surface area (Å²) < 4.78 is 12.4. The molecule has 0 aliphatic rings. The van der Waals surface area contributed by atoms with Gasteiger partial charge in [0.2, 0.25) is 5.16 Å². The van der Waals surface area contributed by atoms with Crippen LogP contribution in [-0.2, 0) is 5.75 Å². The van der Waals surface area contributed by atoms with E-state index in [2.05, 4.69) is 20.3 Å². The SMILES string of the molecule is COc1cc(CSc2nnc3ccc(-c4ccccn4)nn23)cc(OC)c1. The van der Waals surface area contributed by atoms with Gasteiger partial charge in [0.25, 0.3) is 0 Å². The summed E-state index contributed by atoms with van der Waals surface area (Å²) in [5, 5.41) is 13.8. The molecule has 0 aliphatic heterocycles. The van der Waals surface area contributed by atoms with Gasteiger partial charge >= 0.3 is 0 Å². The Balaban J connectivity index is 1.61. The van der Waals surface area contributed by atoms with Gasteiger partial charge in [-0.2, -0.15) is 9.61 Å².